The topological polar surface area (TPSA) is 76.2 Å². The van der Waals surface area contributed by atoms with Crippen LogP contribution in [0.1, 0.15) is 32.0 Å². The van der Waals surface area contributed by atoms with Crippen LogP contribution in [0, 0.1) is 0 Å². The van der Waals surface area contributed by atoms with Crippen molar-refractivity contribution in [2.24, 2.45) is 12.8 Å². The molecule has 3 N–H and O–H groups in total. The highest BCUT2D eigenvalue weighted by Gasteiger charge is 2.24. The van der Waals surface area contributed by atoms with Gasteiger partial charge in [0.2, 0.25) is 5.91 Å². The first kappa shape index (κ1) is 17.5. The van der Waals surface area contributed by atoms with Gasteiger partial charge in [0.05, 0.1) is 12.2 Å². The van der Waals surface area contributed by atoms with E-state index < -0.39 is 0 Å². The quantitative estimate of drug-likeness (QED) is 0.896. The van der Waals surface area contributed by atoms with Gasteiger partial charge in [0.15, 0.2) is 0 Å². The lowest BCUT2D eigenvalue weighted by molar-refractivity contribution is -0.115. The first-order chi connectivity index (χ1) is 11.7. The van der Waals surface area contributed by atoms with Crippen LogP contribution in [0.4, 0.5) is 11.5 Å². The Bertz CT molecular complexity index is 774. The van der Waals surface area contributed by atoms with E-state index in [-0.39, 0.29) is 23.9 Å². The van der Waals surface area contributed by atoms with Gasteiger partial charge in [-0.05, 0) is 18.1 Å². The van der Waals surface area contributed by atoms with Crippen molar-refractivity contribution in [1.82, 2.24) is 9.78 Å². The first-order valence-corrected chi connectivity index (χ1v) is 8.67. The molecule has 0 spiro atoms. The Morgan fingerprint density at radius 3 is 2.76 bits per heavy atom. The molecule has 134 valence electrons. The smallest absolute Gasteiger partial charge is 0.245 e. The van der Waals surface area contributed by atoms with Gasteiger partial charge in [-0.15, -0.1) is 0 Å². The zero-order valence-corrected chi connectivity index (χ0v) is 15.4. The number of rotatable bonds is 3. The molecule has 0 saturated heterocycles. The number of benzene rings is 1. The minimum Gasteiger partial charge on any atom is -0.360 e. The van der Waals surface area contributed by atoms with E-state index in [2.05, 4.69) is 48.2 Å². The number of amides is 1. The van der Waals surface area contributed by atoms with Crippen molar-refractivity contribution in [3.05, 3.63) is 41.6 Å². The summed E-state index contributed by atoms with van der Waals surface area (Å²) in [7, 11) is 1.84. The van der Waals surface area contributed by atoms with Crippen LogP contribution in [0.25, 0.3) is 0 Å². The molecular formula is C19H27N5O. The predicted molar refractivity (Wildman–Crippen MR) is 101 cm³/mol. The standard InChI is InChI=1S/C19H27N5O/c1-19(2,3)16-10-17(23(4)22-16)21-18(25)12-24-11-14(20)9-13-7-5-6-8-15(13)24/h5-8,10,14H,9,11-12,20H2,1-4H3,(H,21,25). The summed E-state index contributed by atoms with van der Waals surface area (Å²) in [6, 6.07) is 10.1. The van der Waals surface area contributed by atoms with E-state index in [0.29, 0.717) is 12.4 Å². The molecule has 6 nitrogen and oxygen atoms in total. The summed E-state index contributed by atoms with van der Waals surface area (Å²) in [6.45, 7) is 7.27. The SMILES string of the molecule is Cn1nc(C(C)(C)C)cc1NC(=O)CN1CC(N)Cc2ccccc21. The highest BCUT2D eigenvalue weighted by molar-refractivity contribution is 5.93. The molecule has 0 fully saturated rings. The van der Waals surface area contributed by atoms with Gasteiger partial charge < -0.3 is 16.0 Å². The van der Waals surface area contributed by atoms with E-state index in [4.69, 9.17) is 5.73 Å². The van der Waals surface area contributed by atoms with Crippen LogP contribution in [0.15, 0.2) is 30.3 Å². The molecule has 1 aliphatic heterocycles. The number of nitrogens with one attached hydrogen (secondary N) is 1. The Balaban J connectivity index is 1.73. The number of nitrogens with two attached hydrogens (primary N) is 1. The number of carbonyl (C=O) groups is 1. The minimum atomic E-state index is -0.0626. The van der Waals surface area contributed by atoms with Crippen molar-refractivity contribution in [2.75, 3.05) is 23.3 Å². The van der Waals surface area contributed by atoms with E-state index in [1.165, 1.54) is 5.56 Å². The molecule has 1 unspecified atom stereocenters. The number of nitrogens with zero attached hydrogens (tertiary/aromatic N) is 3. The fourth-order valence-corrected chi connectivity index (χ4v) is 3.18. The van der Waals surface area contributed by atoms with E-state index in [0.717, 1.165) is 17.8 Å². The lowest BCUT2D eigenvalue weighted by Crippen LogP contribution is -2.46. The van der Waals surface area contributed by atoms with Gasteiger partial charge in [-0.25, -0.2) is 0 Å². The van der Waals surface area contributed by atoms with Crippen LogP contribution < -0.4 is 16.0 Å². The summed E-state index contributed by atoms with van der Waals surface area (Å²) in [4.78, 5) is 14.6. The van der Waals surface area contributed by atoms with Crippen LogP contribution in [-0.4, -0.2) is 34.8 Å². The largest absolute Gasteiger partial charge is 0.360 e. The zero-order chi connectivity index (χ0) is 18.2. The number of aryl methyl sites for hydroxylation is 1. The molecular weight excluding hydrogens is 314 g/mol. The van der Waals surface area contributed by atoms with Gasteiger partial charge in [0, 0.05) is 36.8 Å². The van der Waals surface area contributed by atoms with Crippen molar-refractivity contribution in [3.8, 4) is 0 Å². The molecule has 3 rings (SSSR count). The van der Waals surface area contributed by atoms with Gasteiger partial charge in [0.1, 0.15) is 5.82 Å². The lowest BCUT2D eigenvalue weighted by Gasteiger charge is -2.34. The molecule has 1 atom stereocenters. The Morgan fingerprint density at radius 1 is 1.36 bits per heavy atom. The Hall–Kier alpha value is -2.34. The molecule has 0 bridgehead atoms. The van der Waals surface area contributed by atoms with E-state index >= 15 is 0 Å². The molecule has 1 aromatic carbocycles. The molecule has 2 heterocycles. The molecule has 0 saturated carbocycles. The third-order valence-electron chi connectivity index (χ3n) is 4.52. The van der Waals surface area contributed by atoms with Crippen LogP contribution in [0.3, 0.4) is 0 Å². The van der Waals surface area contributed by atoms with Gasteiger partial charge in [-0.1, -0.05) is 39.0 Å². The number of anilines is 2. The molecule has 25 heavy (non-hydrogen) atoms. The summed E-state index contributed by atoms with van der Waals surface area (Å²) in [6.07, 6.45) is 0.852. The van der Waals surface area contributed by atoms with Gasteiger partial charge in [0.25, 0.3) is 0 Å². The van der Waals surface area contributed by atoms with E-state index in [9.17, 15) is 4.79 Å². The maximum atomic E-state index is 12.6. The second-order valence-corrected chi connectivity index (χ2v) is 7.81. The number of fused-ring (bicyclic) bond motifs is 1. The van der Waals surface area contributed by atoms with Crippen molar-refractivity contribution in [1.29, 1.82) is 0 Å². The highest BCUT2D eigenvalue weighted by atomic mass is 16.2. The molecule has 1 amide bonds. The summed E-state index contributed by atoms with van der Waals surface area (Å²) >= 11 is 0. The molecule has 0 radical (unpaired) electrons. The van der Waals surface area contributed by atoms with E-state index in [1.807, 2.05) is 25.2 Å². The Morgan fingerprint density at radius 2 is 2.08 bits per heavy atom. The summed E-state index contributed by atoms with van der Waals surface area (Å²) in [5.41, 5.74) is 9.35. The van der Waals surface area contributed by atoms with Gasteiger partial charge in [-0.3, -0.25) is 9.48 Å². The summed E-state index contributed by atoms with van der Waals surface area (Å²) in [5.74, 6) is 0.650. The van der Waals surface area contributed by atoms with Crippen molar-refractivity contribution in [3.63, 3.8) is 0 Å². The monoisotopic (exact) mass is 341 g/mol. The van der Waals surface area contributed by atoms with Crippen molar-refractivity contribution >= 4 is 17.4 Å². The van der Waals surface area contributed by atoms with Crippen LogP contribution >= 0.6 is 0 Å². The average Bonchev–Trinajstić information content (AvgIpc) is 2.88. The number of aromatic nitrogens is 2. The normalized spacial score (nSPS) is 17.3. The van der Waals surface area contributed by atoms with Crippen molar-refractivity contribution < 1.29 is 4.79 Å². The zero-order valence-electron chi connectivity index (χ0n) is 15.4. The molecule has 2 aromatic rings. The molecule has 1 aromatic heterocycles. The molecule has 6 heteroatoms. The third kappa shape index (κ3) is 3.85. The summed E-state index contributed by atoms with van der Waals surface area (Å²) in [5, 5.41) is 7.47. The number of hydrogen-bond donors (Lipinski definition) is 2. The summed E-state index contributed by atoms with van der Waals surface area (Å²) < 4.78 is 1.72. The third-order valence-corrected chi connectivity index (χ3v) is 4.52. The van der Waals surface area contributed by atoms with Gasteiger partial charge >= 0.3 is 0 Å². The first-order valence-electron chi connectivity index (χ1n) is 8.67. The fraction of sp³-hybridized carbons (Fsp3) is 0.474. The van der Waals surface area contributed by atoms with Gasteiger partial charge in [-0.2, -0.15) is 5.10 Å². The maximum absolute atomic E-state index is 12.6. The Labute approximate surface area is 149 Å². The fourth-order valence-electron chi connectivity index (χ4n) is 3.18. The second kappa shape index (κ2) is 6.52. The van der Waals surface area contributed by atoms with Crippen LogP contribution in [0.2, 0.25) is 0 Å². The molecule has 1 aliphatic rings. The average molecular weight is 341 g/mol. The Kier molecular flexibility index (Phi) is 4.56. The van der Waals surface area contributed by atoms with Crippen LogP contribution in [-0.2, 0) is 23.7 Å². The van der Waals surface area contributed by atoms with E-state index in [1.54, 1.807) is 4.68 Å². The van der Waals surface area contributed by atoms with Crippen molar-refractivity contribution in [2.45, 2.75) is 38.6 Å². The number of para-hydroxylation sites is 1. The second-order valence-electron chi connectivity index (χ2n) is 7.81. The van der Waals surface area contributed by atoms with Crippen LogP contribution in [0.5, 0.6) is 0 Å². The molecule has 0 aliphatic carbocycles. The minimum absolute atomic E-state index is 0.0481. The number of carbonyl (C=O) groups excluding carboxylic acids is 1. The maximum Gasteiger partial charge on any atom is 0.245 e. The predicted octanol–water partition coefficient (Wildman–Crippen LogP) is 2.05. The highest BCUT2D eigenvalue weighted by Crippen LogP contribution is 2.26. The lowest BCUT2D eigenvalue weighted by atomic mass is 9.92. The number of hydrogen-bond acceptors (Lipinski definition) is 4.